The summed E-state index contributed by atoms with van der Waals surface area (Å²) >= 11 is 0. The van der Waals surface area contributed by atoms with Crippen molar-refractivity contribution in [2.45, 2.75) is 45.1 Å². The molecule has 0 bridgehead atoms. The van der Waals surface area contributed by atoms with Crippen molar-refractivity contribution in [1.82, 2.24) is 4.90 Å². The average Bonchev–Trinajstić information content (AvgIpc) is 2.50. The van der Waals surface area contributed by atoms with Crippen LogP contribution in [0.1, 0.15) is 39.0 Å². The van der Waals surface area contributed by atoms with E-state index in [0.717, 1.165) is 12.6 Å². The van der Waals surface area contributed by atoms with Gasteiger partial charge in [0.15, 0.2) is 0 Å². The van der Waals surface area contributed by atoms with Crippen LogP contribution in [-0.4, -0.2) is 30.6 Å². The van der Waals surface area contributed by atoms with Gasteiger partial charge in [-0.3, -0.25) is 0 Å². The third-order valence-electron chi connectivity index (χ3n) is 2.75. The number of nitrogens with two attached hydrogens (primary N) is 1. The normalized spacial score (nSPS) is 25.0. The molecule has 12 heavy (non-hydrogen) atoms. The number of rotatable bonds is 5. The Morgan fingerprint density at radius 3 is 3.00 bits per heavy atom. The lowest BCUT2D eigenvalue weighted by atomic mass is 10.1. The summed E-state index contributed by atoms with van der Waals surface area (Å²) in [5, 5.41) is 0. The van der Waals surface area contributed by atoms with Gasteiger partial charge in [-0.05, 0) is 51.7 Å². The van der Waals surface area contributed by atoms with Crippen LogP contribution in [0.4, 0.5) is 0 Å². The van der Waals surface area contributed by atoms with E-state index in [2.05, 4.69) is 11.8 Å². The summed E-state index contributed by atoms with van der Waals surface area (Å²) < 4.78 is 0. The summed E-state index contributed by atoms with van der Waals surface area (Å²) in [4.78, 5) is 2.63. The molecule has 0 aromatic heterocycles. The summed E-state index contributed by atoms with van der Waals surface area (Å²) in [5.41, 5.74) is 5.51. The van der Waals surface area contributed by atoms with Gasteiger partial charge in [-0.2, -0.15) is 0 Å². The first-order valence-electron chi connectivity index (χ1n) is 5.32. The smallest absolute Gasteiger partial charge is 0.00962 e. The lowest BCUT2D eigenvalue weighted by Crippen LogP contribution is -2.30. The van der Waals surface area contributed by atoms with Gasteiger partial charge >= 0.3 is 0 Å². The maximum absolute atomic E-state index is 5.51. The molecule has 72 valence electrons. The second-order valence-corrected chi connectivity index (χ2v) is 3.76. The van der Waals surface area contributed by atoms with Gasteiger partial charge in [-0.15, -0.1) is 0 Å². The highest BCUT2D eigenvalue weighted by Crippen LogP contribution is 2.20. The summed E-state index contributed by atoms with van der Waals surface area (Å²) in [6, 6.07) is 0.855. The van der Waals surface area contributed by atoms with Crippen LogP contribution in [0.15, 0.2) is 0 Å². The molecule has 0 spiro atoms. The molecule has 2 heteroatoms. The van der Waals surface area contributed by atoms with Gasteiger partial charge in [-0.1, -0.05) is 6.92 Å². The molecule has 1 atom stereocenters. The number of hydrogen-bond donors (Lipinski definition) is 1. The second-order valence-electron chi connectivity index (χ2n) is 3.76. The largest absolute Gasteiger partial charge is 0.330 e. The van der Waals surface area contributed by atoms with E-state index < -0.39 is 0 Å². The van der Waals surface area contributed by atoms with Gasteiger partial charge in [0.2, 0.25) is 0 Å². The first kappa shape index (κ1) is 10.0. The first-order valence-corrected chi connectivity index (χ1v) is 5.32. The van der Waals surface area contributed by atoms with E-state index in [1.165, 1.54) is 45.2 Å². The van der Waals surface area contributed by atoms with Crippen LogP contribution in [0.2, 0.25) is 0 Å². The Kier molecular flexibility index (Phi) is 4.62. The average molecular weight is 170 g/mol. The quantitative estimate of drug-likeness (QED) is 0.679. The van der Waals surface area contributed by atoms with Crippen LogP contribution in [0.25, 0.3) is 0 Å². The van der Waals surface area contributed by atoms with Crippen molar-refractivity contribution in [2.75, 3.05) is 19.6 Å². The van der Waals surface area contributed by atoms with E-state index in [4.69, 9.17) is 5.73 Å². The van der Waals surface area contributed by atoms with Crippen molar-refractivity contribution in [3.8, 4) is 0 Å². The molecule has 0 aromatic carbocycles. The standard InChI is InChI=1S/C10H22N2/c1-2-8-12-9-4-6-10(12)5-3-7-11/h10H,2-9,11H2,1H3/t10-/m1/s1. The lowest BCUT2D eigenvalue weighted by Gasteiger charge is -2.23. The van der Waals surface area contributed by atoms with Crippen molar-refractivity contribution >= 4 is 0 Å². The Balaban J connectivity index is 2.20. The van der Waals surface area contributed by atoms with E-state index >= 15 is 0 Å². The van der Waals surface area contributed by atoms with Crippen LogP contribution < -0.4 is 5.73 Å². The van der Waals surface area contributed by atoms with E-state index in [0.29, 0.717) is 0 Å². The Morgan fingerprint density at radius 2 is 2.33 bits per heavy atom. The Bertz CT molecular complexity index is 114. The molecule has 2 nitrogen and oxygen atoms in total. The van der Waals surface area contributed by atoms with E-state index in [1.54, 1.807) is 0 Å². The number of nitrogens with zero attached hydrogens (tertiary/aromatic N) is 1. The molecule has 1 heterocycles. The number of hydrogen-bond acceptors (Lipinski definition) is 2. The minimum Gasteiger partial charge on any atom is -0.330 e. The molecule has 0 radical (unpaired) electrons. The van der Waals surface area contributed by atoms with Gasteiger partial charge in [-0.25, -0.2) is 0 Å². The zero-order chi connectivity index (χ0) is 8.81. The highest BCUT2D eigenvalue weighted by molar-refractivity contribution is 4.78. The minimum absolute atomic E-state index is 0.855. The highest BCUT2D eigenvalue weighted by Gasteiger charge is 2.22. The predicted octanol–water partition coefficient (Wildman–Crippen LogP) is 1.60. The molecule has 0 aromatic rings. The Morgan fingerprint density at radius 1 is 1.50 bits per heavy atom. The SMILES string of the molecule is CCCN1CCC[C@H]1CCCN. The van der Waals surface area contributed by atoms with Crippen LogP contribution in [0.3, 0.4) is 0 Å². The molecule has 0 saturated carbocycles. The van der Waals surface area contributed by atoms with Crippen molar-refractivity contribution in [3.05, 3.63) is 0 Å². The molecule has 1 aliphatic heterocycles. The fraction of sp³-hybridized carbons (Fsp3) is 1.00. The molecule has 1 aliphatic rings. The van der Waals surface area contributed by atoms with Crippen molar-refractivity contribution in [1.29, 1.82) is 0 Å². The highest BCUT2D eigenvalue weighted by atomic mass is 15.2. The summed E-state index contributed by atoms with van der Waals surface area (Å²) in [5.74, 6) is 0. The molecule has 0 amide bonds. The molecular formula is C10H22N2. The molecule has 2 N–H and O–H groups in total. The maximum Gasteiger partial charge on any atom is 0.00962 e. The van der Waals surface area contributed by atoms with Gasteiger partial charge in [0.25, 0.3) is 0 Å². The van der Waals surface area contributed by atoms with Crippen molar-refractivity contribution < 1.29 is 0 Å². The molecule has 1 rings (SSSR count). The molecule has 1 saturated heterocycles. The molecule has 1 fully saturated rings. The minimum atomic E-state index is 0.855. The first-order chi connectivity index (χ1) is 5.88. The third kappa shape index (κ3) is 2.76. The van der Waals surface area contributed by atoms with Crippen molar-refractivity contribution in [3.63, 3.8) is 0 Å². The summed E-state index contributed by atoms with van der Waals surface area (Å²) in [7, 11) is 0. The monoisotopic (exact) mass is 170 g/mol. The van der Waals surface area contributed by atoms with E-state index in [-0.39, 0.29) is 0 Å². The van der Waals surface area contributed by atoms with Gasteiger partial charge in [0, 0.05) is 6.04 Å². The molecule has 0 unspecified atom stereocenters. The maximum atomic E-state index is 5.51. The Hall–Kier alpha value is -0.0800. The predicted molar refractivity (Wildman–Crippen MR) is 53.2 cm³/mol. The second kappa shape index (κ2) is 5.55. The Labute approximate surface area is 76.1 Å². The van der Waals surface area contributed by atoms with E-state index in [9.17, 15) is 0 Å². The fourth-order valence-electron chi connectivity index (χ4n) is 2.16. The lowest BCUT2D eigenvalue weighted by molar-refractivity contribution is 0.241. The summed E-state index contributed by atoms with van der Waals surface area (Å²) in [6.07, 6.45) is 6.61. The number of likely N-dealkylation sites (tertiary alicyclic amines) is 1. The van der Waals surface area contributed by atoms with Crippen LogP contribution in [-0.2, 0) is 0 Å². The molecular weight excluding hydrogens is 148 g/mol. The third-order valence-corrected chi connectivity index (χ3v) is 2.75. The van der Waals surface area contributed by atoms with Gasteiger partial charge < -0.3 is 10.6 Å². The van der Waals surface area contributed by atoms with Crippen LogP contribution >= 0.6 is 0 Å². The zero-order valence-electron chi connectivity index (χ0n) is 8.26. The van der Waals surface area contributed by atoms with E-state index in [1.807, 2.05) is 0 Å². The summed E-state index contributed by atoms with van der Waals surface area (Å²) in [6.45, 7) is 5.73. The topological polar surface area (TPSA) is 29.3 Å². The van der Waals surface area contributed by atoms with Crippen molar-refractivity contribution in [2.24, 2.45) is 5.73 Å². The van der Waals surface area contributed by atoms with Gasteiger partial charge in [0.1, 0.15) is 0 Å². The van der Waals surface area contributed by atoms with Crippen LogP contribution in [0.5, 0.6) is 0 Å². The fourth-order valence-corrected chi connectivity index (χ4v) is 2.16. The van der Waals surface area contributed by atoms with Gasteiger partial charge in [0.05, 0.1) is 0 Å². The molecule has 0 aliphatic carbocycles. The van der Waals surface area contributed by atoms with Crippen LogP contribution in [0, 0.1) is 0 Å². The zero-order valence-corrected chi connectivity index (χ0v) is 8.26.